The van der Waals surface area contributed by atoms with Crippen LogP contribution in [0.15, 0.2) is 15.9 Å². The second kappa shape index (κ2) is 5.40. The summed E-state index contributed by atoms with van der Waals surface area (Å²) in [4.78, 5) is 28.9. The van der Waals surface area contributed by atoms with Crippen LogP contribution in [0.3, 0.4) is 0 Å². The molecule has 7 nitrogen and oxygen atoms in total. The molecule has 0 aliphatic rings. The zero-order chi connectivity index (χ0) is 14.0. The van der Waals surface area contributed by atoms with Gasteiger partial charge in [0.15, 0.2) is 11.2 Å². The molecular formula is C12H19N5O2. The van der Waals surface area contributed by atoms with Gasteiger partial charge in [0.2, 0.25) is 0 Å². The summed E-state index contributed by atoms with van der Waals surface area (Å²) in [6, 6.07) is 0. The molecule has 2 aromatic heterocycles. The summed E-state index contributed by atoms with van der Waals surface area (Å²) in [6.07, 6.45) is 2.40. The average Bonchev–Trinajstić information content (AvgIpc) is 2.83. The van der Waals surface area contributed by atoms with Gasteiger partial charge in [-0.15, -0.1) is 0 Å². The number of hydrogen-bond acceptors (Lipinski definition) is 4. The van der Waals surface area contributed by atoms with Gasteiger partial charge in [0.1, 0.15) is 0 Å². The molecule has 0 amide bonds. The van der Waals surface area contributed by atoms with Crippen LogP contribution in [0.5, 0.6) is 0 Å². The number of rotatable bonds is 5. The molecule has 19 heavy (non-hydrogen) atoms. The van der Waals surface area contributed by atoms with E-state index in [1.165, 1.54) is 4.57 Å². The van der Waals surface area contributed by atoms with E-state index in [1.807, 2.05) is 13.8 Å². The van der Waals surface area contributed by atoms with E-state index in [1.54, 1.807) is 15.5 Å². The van der Waals surface area contributed by atoms with Gasteiger partial charge in [-0.25, -0.2) is 9.78 Å². The van der Waals surface area contributed by atoms with E-state index in [4.69, 9.17) is 5.73 Å². The van der Waals surface area contributed by atoms with Gasteiger partial charge in [-0.05, 0) is 13.3 Å². The molecular weight excluding hydrogens is 246 g/mol. The van der Waals surface area contributed by atoms with Crippen LogP contribution in [-0.2, 0) is 19.6 Å². The zero-order valence-corrected chi connectivity index (χ0v) is 11.3. The summed E-state index contributed by atoms with van der Waals surface area (Å²) in [5.41, 5.74) is 5.79. The Morgan fingerprint density at radius 1 is 1.21 bits per heavy atom. The first-order chi connectivity index (χ1) is 9.15. The van der Waals surface area contributed by atoms with Crippen LogP contribution in [-0.4, -0.2) is 25.2 Å². The summed E-state index contributed by atoms with van der Waals surface area (Å²) in [6.45, 7) is 5.58. The number of nitrogens with two attached hydrogens (primary N) is 1. The number of imidazole rings is 1. The Morgan fingerprint density at radius 2 is 1.95 bits per heavy atom. The highest BCUT2D eigenvalue weighted by molar-refractivity contribution is 5.70. The van der Waals surface area contributed by atoms with Crippen molar-refractivity contribution < 1.29 is 0 Å². The number of nitrogens with zero attached hydrogens (tertiary/aromatic N) is 4. The molecule has 2 aromatic rings. The van der Waals surface area contributed by atoms with E-state index >= 15 is 0 Å². The topological polar surface area (TPSA) is 87.8 Å². The van der Waals surface area contributed by atoms with Gasteiger partial charge >= 0.3 is 5.69 Å². The third-order valence-corrected chi connectivity index (χ3v) is 3.12. The van der Waals surface area contributed by atoms with Crippen LogP contribution in [0.4, 0.5) is 0 Å². The highest BCUT2D eigenvalue weighted by atomic mass is 16.2. The highest BCUT2D eigenvalue weighted by Crippen LogP contribution is 2.06. The molecule has 0 saturated heterocycles. The van der Waals surface area contributed by atoms with Crippen molar-refractivity contribution in [1.29, 1.82) is 0 Å². The summed E-state index contributed by atoms with van der Waals surface area (Å²) < 4.78 is 4.51. The van der Waals surface area contributed by atoms with Crippen molar-refractivity contribution in [1.82, 2.24) is 18.7 Å². The van der Waals surface area contributed by atoms with Gasteiger partial charge in [-0.1, -0.05) is 6.92 Å². The molecule has 0 aliphatic heterocycles. The van der Waals surface area contributed by atoms with Gasteiger partial charge in [0.25, 0.3) is 5.56 Å². The van der Waals surface area contributed by atoms with Crippen LogP contribution in [0.25, 0.3) is 11.2 Å². The number of fused-ring (bicyclic) bond motifs is 1. The first-order valence-corrected chi connectivity index (χ1v) is 6.54. The average molecular weight is 265 g/mol. The van der Waals surface area contributed by atoms with Crippen molar-refractivity contribution in [3.63, 3.8) is 0 Å². The SMILES string of the molecule is CCCn1c(=O)n(CCN)c(=O)c2c1ncn2CC. The fourth-order valence-corrected chi connectivity index (χ4v) is 2.23. The third-order valence-electron chi connectivity index (χ3n) is 3.12. The Labute approximate surface area is 110 Å². The van der Waals surface area contributed by atoms with E-state index in [-0.39, 0.29) is 24.3 Å². The third kappa shape index (κ3) is 2.10. The second-order valence-electron chi connectivity index (χ2n) is 4.38. The molecule has 104 valence electrons. The lowest BCUT2D eigenvalue weighted by Crippen LogP contribution is -2.42. The molecule has 0 atom stereocenters. The second-order valence-corrected chi connectivity index (χ2v) is 4.38. The molecule has 0 unspecified atom stereocenters. The van der Waals surface area contributed by atoms with Gasteiger partial charge in [-0.3, -0.25) is 13.9 Å². The smallest absolute Gasteiger partial charge is 0.329 e. The maximum Gasteiger partial charge on any atom is 0.332 e. The van der Waals surface area contributed by atoms with Gasteiger partial charge in [0, 0.05) is 26.2 Å². The Hall–Kier alpha value is -1.89. The minimum absolute atomic E-state index is 0.228. The number of aromatic nitrogens is 4. The first-order valence-electron chi connectivity index (χ1n) is 6.54. The molecule has 0 fully saturated rings. The van der Waals surface area contributed by atoms with Crippen molar-refractivity contribution in [2.24, 2.45) is 5.73 Å². The molecule has 0 bridgehead atoms. The summed E-state index contributed by atoms with van der Waals surface area (Å²) in [5, 5.41) is 0. The lowest BCUT2D eigenvalue weighted by Gasteiger charge is -2.10. The van der Waals surface area contributed by atoms with Gasteiger partial charge in [0.05, 0.1) is 6.33 Å². The molecule has 2 heterocycles. The first kappa shape index (κ1) is 13.5. The summed E-state index contributed by atoms with van der Waals surface area (Å²) in [5.74, 6) is 0. The Kier molecular flexibility index (Phi) is 3.84. The summed E-state index contributed by atoms with van der Waals surface area (Å²) in [7, 11) is 0. The van der Waals surface area contributed by atoms with Gasteiger partial charge in [-0.2, -0.15) is 0 Å². The van der Waals surface area contributed by atoms with Crippen LogP contribution in [0, 0.1) is 0 Å². The fraction of sp³-hybridized carbons (Fsp3) is 0.583. The van der Waals surface area contributed by atoms with Crippen LogP contribution in [0.1, 0.15) is 20.3 Å². The largest absolute Gasteiger partial charge is 0.332 e. The molecule has 2 N–H and O–H groups in total. The van der Waals surface area contributed by atoms with Crippen LogP contribution < -0.4 is 17.0 Å². The van der Waals surface area contributed by atoms with Crippen molar-refractivity contribution in [3.8, 4) is 0 Å². The van der Waals surface area contributed by atoms with Crippen LogP contribution >= 0.6 is 0 Å². The van der Waals surface area contributed by atoms with E-state index in [0.29, 0.717) is 24.3 Å². The van der Waals surface area contributed by atoms with E-state index in [9.17, 15) is 9.59 Å². The standard InChI is InChI=1S/C12H19N5O2/c1-3-6-16-10-9(15(4-2)8-14-10)11(18)17(7-5-13)12(16)19/h8H,3-7,13H2,1-2H3. The number of hydrogen-bond donors (Lipinski definition) is 1. The van der Waals surface area contributed by atoms with Crippen molar-refractivity contribution in [2.75, 3.05) is 6.54 Å². The maximum atomic E-state index is 12.4. The normalized spacial score (nSPS) is 11.3. The molecule has 0 radical (unpaired) electrons. The van der Waals surface area contributed by atoms with Crippen molar-refractivity contribution in [2.45, 2.75) is 39.9 Å². The molecule has 0 saturated carbocycles. The number of aryl methyl sites for hydroxylation is 2. The van der Waals surface area contributed by atoms with E-state index < -0.39 is 0 Å². The minimum atomic E-state index is -0.328. The Bertz CT molecular complexity index is 694. The van der Waals surface area contributed by atoms with Crippen molar-refractivity contribution >= 4 is 11.2 Å². The van der Waals surface area contributed by atoms with Gasteiger partial charge < -0.3 is 10.3 Å². The molecule has 7 heteroatoms. The molecule has 2 rings (SSSR count). The minimum Gasteiger partial charge on any atom is -0.329 e. The lowest BCUT2D eigenvalue weighted by atomic mass is 10.4. The molecule has 0 spiro atoms. The summed E-state index contributed by atoms with van der Waals surface area (Å²) >= 11 is 0. The monoisotopic (exact) mass is 265 g/mol. The quantitative estimate of drug-likeness (QED) is 0.807. The Balaban J connectivity index is 2.88. The van der Waals surface area contributed by atoms with Crippen molar-refractivity contribution in [3.05, 3.63) is 27.2 Å². The molecule has 0 aliphatic carbocycles. The zero-order valence-electron chi connectivity index (χ0n) is 11.3. The predicted molar refractivity (Wildman–Crippen MR) is 73.3 cm³/mol. The molecule has 0 aromatic carbocycles. The van der Waals surface area contributed by atoms with E-state index in [2.05, 4.69) is 4.98 Å². The Morgan fingerprint density at radius 3 is 2.53 bits per heavy atom. The lowest BCUT2D eigenvalue weighted by molar-refractivity contribution is 0.564. The maximum absolute atomic E-state index is 12.4. The van der Waals surface area contributed by atoms with Crippen LogP contribution in [0.2, 0.25) is 0 Å². The van der Waals surface area contributed by atoms with E-state index in [0.717, 1.165) is 6.42 Å². The highest BCUT2D eigenvalue weighted by Gasteiger charge is 2.16. The predicted octanol–water partition coefficient (Wildman–Crippen LogP) is -0.252. The fourth-order valence-electron chi connectivity index (χ4n) is 2.23.